The molecule has 3 heteroatoms. The van der Waals surface area contributed by atoms with E-state index in [2.05, 4.69) is 33.9 Å². The van der Waals surface area contributed by atoms with Crippen LogP contribution in [0.1, 0.15) is 51.5 Å². The van der Waals surface area contributed by atoms with Gasteiger partial charge in [-0.1, -0.05) is 40.8 Å². The average molecular weight is 254 g/mol. The minimum absolute atomic E-state index is 0.222. The van der Waals surface area contributed by atoms with Crippen molar-refractivity contribution in [2.75, 3.05) is 0 Å². The van der Waals surface area contributed by atoms with E-state index in [4.69, 9.17) is 4.42 Å². The van der Waals surface area contributed by atoms with Gasteiger partial charge in [-0.05, 0) is 24.4 Å². The Labute approximate surface area is 106 Å². The first kappa shape index (κ1) is 14.5. The van der Waals surface area contributed by atoms with Gasteiger partial charge >= 0.3 is 0 Å². The molecule has 0 saturated heterocycles. The van der Waals surface area contributed by atoms with Crippen LogP contribution in [0.15, 0.2) is 10.5 Å². The highest BCUT2D eigenvalue weighted by molar-refractivity contribution is 6.91. The summed E-state index contributed by atoms with van der Waals surface area (Å²) in [6.07, 6.45) is 0.345. The van der Waals surface area contributed by atoms with E-state index in [0.717, 1.165) is 23.1 Å². The van der Waals surface area contributed by atoms with Gasteiger partial charge in [-0.2, -0.15) is 0 Å². The second-order valence-corrected chi connectivity index (χ2v) is 11.6. The molecule has 0 aromatic carbocycles. The van der Waals surface area contributed by atoms with E-state index in [1.54, 1.807) is 0 Å². The fourth-order valence-corrected chi connectivity index (χ4v) is 3.89. The zero-order valence-electron chi connectivity index (χ0n) is 12.2. The van der Waals surface area contributed by atoms with Gasteiger partial charge in [-0.3, -0.25) is 0 Å². The summed E-state index contributed by atoms with van der Waals surface area (Å²) in [7, 11) is -1.71. The highest BCUT2D eigenvalue weighted by Crippen LogP contribution is 2.37. The van der Waals surface area contributed by atoms with Crippen molar-refractivity contribution in [1.82, 2.24) is 0 Å². The van der Waals surface area contributed by atoms with Crippen LogP contribution in [0.4, 0.5) is 0 Å². The van der Waals surface area contributed by atoms with Crippen molar-refractivity contribution >= 4 is 13.5 Å². The minimum atomic E-state index is -1.71. The molecule has 0 aliphatic rings. The van der Waals surface area contributed by atoms with E-state index in [1.807, 2.05) is 19.9 Å². The molecule has 0 amide bonds. The van der Waals surface area contributed by atoms with Gasteiger partial charge in [0.15, 0.2) is 0 Å². The third kappa shape index (κ3) is 2.66. The highest BCUT2D eigenvalue weighted by atomic mass is 28.3. The lowest BCUT2D eigenvalue weighted by atomic mass is 10.1. The van der Waals surface area contributed by atoms with E-state index in [1.165, 1.54) is 0 Å². The van der Waals surface area contributed by atoms with Crippen molar-refractivity contribution in [1.29, 1.82) is 0 Å². The molecule has 0 aliphatic heterocycles. The molecular formula is C14H26O2Si. The third-order valence-corrected chi connectivity index (χ3v) is 9.35. The van der Waals surface area contributed by atoms with E-state index in [-0.39, 0.29) is 5.04 Å². The third-order valence-electron chi connectivity index (χ3n) is 4.07. The molecule has 98 valence electrons. The van der Waals surface area contributed by atoms with Crippen LogP contribution in [0.5, 0.6) is 0 Å². The van der Waals surface area contributed by atoms with E-state index in [9.17, 15) is 5.11 Å². The maximum absolute atomic E-state index is 10.1. The summed E-state index contributed by atoms with van der Waals surface area (Å²) in [6.45, 7) is 15.4. The zero-order valence-corrected chi connectivity index (χ0v) is 13.2. The van der Waals surface area contributed by atoms with Crippen LogP contribution < -0.4 is 5.38 Å². The molecule has 1 N–H and O–H groups in total. The maximum atomic E-state index is 10.1. The fourth-order valence-electron chi connectivity index (χ4n) is 1.83. The van der Waals surface area contributed by atoms with Gasteiger partial charge in [0.2, 0.25) is 0 Å². The standard InChI is InChI=1S/C14H26O2Si/c1-8-12(15)11-9-10(2)16-13(11)17(6,7)14(3,4)5/h9,12,15H,8H2,1-7H3. The highest BCUT2D eigenvalue weighted by Gasteiger charge is 2.42. The molecule has 0 radical (unpaired) electrons. The van der Waals surface area contributed by atoms with Crippen LogP contribution in [-0.2, 0) is 0 Å². The molecule has 1 aromatic heterocycles. The van der Waals surface area contributed by atoms with Gasteiger partial charge in [0, 0.05) is 5.56 Å². The summed E-state index contributed by atoms with van der Waals surface area (Å²) in [5.41, 5.74) is 1.01. The van der Waals surface area contributed by atoms with Crippen LogP contribution in [-0.4, -0.2) is 13.2 Å². The van der Waals surface area contributed by atoms with Crippen molar-refractivity contribution in [3.8, 4) is 0 Å². The zero-order chi connectivity index (χ0) is 13.4. The summed E-state index contributed by atoms with van der Waals surface area (Å²) in [6, 6.07) is 2.00. The Hall–Kier alpha value is -0.543. The van der Waals surface area contributed by atoms with Gasteiger partial charge < -0.3 is 9.52 Å². The Bertz CT molecular complexity index is 385. The quantitative estimate of drug-likeness (QED) is 0.833. The molecular weight excluding hydrogens is 228 g/mol. The number of aryl methyl sites for hydroxylation is 1. The number of hydrogen-bond acceptors (Lipinski definition) is 2. The van der Waals surface area contributed by atoms with Crippen molar-refractivity contribution in [3.63, 3.8) is 0 Å². The summed E-state index contributed by atoms with van der Waals surface area (Å²) in [5.74, 6) is 0.910. The molecule has 17 heavy (non-hydrogen) atoms. The molecule has 1 unspecified atom stereocenters. The molecule has 1 aromatic rings. The number of furan rings is 1. The van der Waals surface area contributed by atoms with E-state index in [0.29, 0.717) is 0 Å². The fraction of sp³-hybridized carbons (Fsp3) is 0.714. The molecule has 2 nitrogen and oxygen atoms in total. The molecule has 0 fully saturated rings. The normalized spacial score (nSPS) is 15.1. The second-order valence-electron chi connectivity index (χ2n) is 6.44. The number of rotatable bonds is 3. The molecule has 1 atom stereocenters. The van der Waals surface area contributed by atoms with Crippen LogP contribution >= 0.6 is 0 Å². The van der Waals surface area contributed by atoms with Crippen molar-refractivity contribution < 1.29 is 9.52 Å². The Morgan fingerprint density at radius 3 is 2.29 bits per heavy atom. The smallest absolute Gasteiger partial charge is 0.132 e. The molecule has 0 aliphatic carbocycles. The monoisotopic (exact) mass is 254 g/mol. The predicted molar refractivity (Wildman–Crippen MR) is 75.5 cm³/mol. The molecule has 0 spiro atoms. The number of aliphatic hydroxyl groups excluding tert-OH is 1. The molecule has 0 saturated carbocycles. The second kappa shape index (κ2) is 4.62. The predicted octanol–water partition coefficient (Wildman–Crippen LogP) is 3.75. The molecule has 0 bridgehead atoms. The maximum Gasteiger partial charge on any atom is 0.132 e. The lowest BCUT2D eigenvalue weighted by Crippen LogP contribution is -2.50. The Kier molecular flexibility index (Phi) is 3.94. The summed E-state index contributed by atoms with van der Waals surface area (Å²) in [4.78, 5) is 0. The van der Waals surface area contributed by atoms with Gasteiger partial charge in [0.25, 0.3) is 0 Å². The van der Waals surface area contributed by atoms with Crippen molar-refractivity contribution in [3.05, 3.63) is 17.4 Å². The summed E-state index contributed by atoms with van der Waals surface area (Å²) >= 11 is 0. The van der Waals surface area contributed by atoms with Gasteiger partial charge in [-0.25, -0.2) is 0 Å². The number of hydrogen-bond donors (Lipinski definition) is 1. The van der Waals surface area contributed by atoms with E-state index < -0.39 is 14.2 Å². The van der Waals surface area contributed by atoms with Crippen LogP contribution in [0.3, 0.4) is 0 Å². The van der Waals surface area contributed by atoms with Crippen LogP contribution in [0, 0.1) is 6.92 Å². The molecule has 1 heterocycles. The summed E-state index contributed by atoms with van der Waals surface area (Å²) in [5, 5.41) is 11.4. The SMILES string of the molecule is CCC(O)c1cc(C)oc1[Si](C)(C)C(C)(C)C. The average Bonchev–Trinajstić information content (AvgIpc) is 2.58. The summed E-state index contributed by atoms with van der Waals surface area (Å²) < 4.78 is 5.93. The molecule has 1 rings (SSSR count). The van der Waals surface area contributed by atoms with Crippen molar-refractivity contribution in [2.24, 2.45) is 0 Å². The lowest BCUT2D eigenvalue weighted by Gasteiger charge is -2.36. The van der Waals surface area contributed by atoms with Crippen LogP contribution in [0.2, 0.25) is 18.1 Å². The Morgan fingerprint density at radius 1 is 1.35 bits per heavy atom. The lowest BCUT2D eigenvalue weighted by molar-refractivity contribution is 0.174. The van der Waals surface area contributed by atoms with Gasteiger partial charge in [0.05, 0.1) is 11.5 Å². The van der Waals surface area contributed by atoms with Crippen LogP contribution in [0.25, 0.3) is 0 Å². The first-order chi connectivity index (χ1) is 7.61. The number of aliphatic hydroxyl groups is 1. The van der Waals surface area contributed by atoms with Gasteiger partial charge in [0.1, 0.15) is 13.8 Å². The Morgan fingerprint density at radius 2 is 1.88 bits per heavy atom. The van der Waals surface area contributed by atoms with E-state index >= 15 is 0 Å². The first-order valence-corrected chi connectivity index (χ1v) is 9.40. The topological polar surface area (TPSA) is 33.4 Å². The van der Waals surface area contributed by atoms with Crippen molar-refractivity contribution in [2.45, 2.75) is 65.3 Å². The minimum Gasteiger partial charge on any atom is -0.471 e. The Balaban J connectivity index is 3.31. The first-order valence-electron chi connectivity index (χ1n) is 6.40. The van der Waals surface area contributed by atoms with Gasteiger partial charge in [-0.15, -0.1) is 0 Å². The largest absolute Gasteiger partial charge is 0.471 e.